The lowest BCUT2D eigenvalue weighted by molar-refractivity contribution is 0.573. The van der Waals surface area contributed by atoms with Crippen molar-refractivity contribution in [1.82, 2.24) is 0 Å². The third kappa shape index (κ3) is 24.5. The zero-order valence-electron chi connectivity index (χ0n) is 75.0. The Hall–Kier alpha value is -8.58. The van der Waals surface area contributed by atoms with Crippen molar-refractivity contribution >= 4 is 0 Å². The van der Waals surface area contributed by atoms with Crippen molar-refractivity contribution in [3.8, 4) is 55.6 Å². The molecule has 0 radical (unpaired) electrons. The average molecular weight is 1410 g/mol. The molecule has 106 heavy (non-hydrogen) atoms. The van der Waals surface area contributed by atoms with Gasteiger partial charge in [-0.15, -0.1) is 0 Å². The van der Waals surface area contributed by atoms with Crippen LogP contribution in [0.5, 0.6) is 0 Å². The molecule has 0 aliphatic heterocycles. The summed E-state index contributed by atoms with van der Waals surface area (Å²) in [7, 11) is 0. The van der Waals surface area contributed by atoms with Gasteiger partial charge in [0.1, 0.15) is 0 Å². The lowest BCUT2D eigenvalue weighted by Crippen LogP contribution is -2.17. The maximum Gasteiger partial charge on any atom is 0.0629 e. The molecule has 0 aliphatic rings. The Balaban J connectivity index is 0.000000207. The van der Waals surface area contributed by atoms with Crippen LogP contribution in [0, 0.1) is 34.6 Å². The van der Waals surface area contributed by atoms with Crippen LogP contribution in [0.1, 0.15) is 314 Å². The van der Waals surface area contributed by atoms with E-state index < -0.39 is 5.89 Å². The van der Waals surface area contributed by atoms with Crippen LogP contribution in [-0.2, 0) is 10.8 Å². The molecule has 0 spiro atoms. The Bertz CT molecular complexity index is 4440. The molecular weight excluding hydrogens is 1270 g/mol. The van der Waals surface area contributed by atoms with Crippen molar-refractivity contribution in [2.45, 2.75) is 265 Å². The molecule has 560 valence electrons. The zero-order valence-corrected chi connectivity index (χ0v) is 71.0. The van der Waals surface area contributed by atoms with Gasteiger partial charge in [-0.2, -0.15) is 0 Å². The molecular formula is C106H136. The van der Waals surface area contributed by atoms with E-state index in [-0.39, 0.29) is 28.8 Å². The Morgan fingerprint density at radius 3 is 0.783 bits per heavy atom. The molecule has 11 rings (SSSR count). The van der Waals surface area contributed by atoms with Gasteiger partial charge < -0.3 is 0 Å². The van der Waals surface area contributed by atoms with Gasteiger partial charge >= 0.3 is 0 Å². The largest absolute Gasteiger partial charge is 0.0629 e. The van der Waals surface area contributed by atoms with E-state index in [0.29, 0.717) is 53.0 Å². The van der Waals surface area contributed by atoms with Crippen LogP contribution in [0.25, 0.3) is 55.6 Å². The fourth-order valence-electron chi connectivity index (χ4n) is 14.8. The molecule has 0 bridgehead atoms. The topological polar surface area (TPSA) is 0 Å². The first-order valence-corrected chi connectivity index (χ1v) is 39.5. The Kier molecular flexibility index (Phi) is 30.1. The molecule has 0 heteroatoms. The highest BCUT2D eigenvalue weighted by molar-refractivity contribution is 5.71. The summed E-state index contributed by atoms with van der Waals surface area (Å²) in [6, 6.07) is 81.3. The lowest BCUT2D eigenvalue weighted by atomic mass is 9.75. The number of hydrogen-bond donors (Lipinski definition) is 0. The Morgan fingerprint density at radius 1 is 0.236 bits per heavy atom. The smallest absolute Gasteiger partial charge is 0.0622 e. The van der Waals surface area contributed by atoms with Crippen LogP contribution in [0.15, 0.2) is 243 Å². The second-order valence-corrected chi connectivity index (χ2v) is 34.1. The number of rotatable bonds is 14. The highest BCUT2D eigenvalue weighted by atomic mass is 14.3. The fourth-order valence-corrected chi connectivity index (χ4v) is 14.8. The van der Waals surface area contributed by atoms with Gasteiger partial charge in [-0.1, -0.05) is 409 Å². The second-order valence-electron chi connectivity index (χ2n) is 34.1. The molecule has 0 unspecified atom stereocenters. The molecule has 0 aliphatic carbocycles. The van der Waals surface area contributed by atoms with E-state index in [2.05, 4.69) is 358 Å². The van der Waals surface area contributed by atoms with Crippen LogP contribution in [0.3, 0.4) is 0 Å². The van der Waals surface area contributed by atoms with Crippen molar-refractivity contribution in [2.24, 2.45) is 0 Å². The molecule has 0 nitrogen and oxygen atoms in total. The van der Waals surface area contributed by atoms with Crippen LogP contribution in [0.4, 0.5) is 0 Å². The summed E-state index contributed by atoms with van der Waals surface area (Å²) in [5.41, 5.74) is 33.6. The van der Waals surface area contributed by atoms with Crippen LogP contribution in [0.2, 0.25) is 0 Å². The van der Waals surface area contributed by atoms with Gasteiger partial charge in [-0.05, 0) is 243 Å². The molecule has 0 saturated heterocycles. The molecule has 0 heterocycles. The van der Waals surface area contributed by atoms with E-state index in [0.717, 1.165) is 16.7 Å². The highest BCUT2D eigenvalue weighted by Crippen LogP contribution is 2.41. The summed E-state index contributed by atoms with van der Waals surface area (Å²) in [5.74, 6) is 3.41. The van der Waals surface area contributed by atoms with E-state index in [1.165, 1.54) is 117 Å². The molecule has 0 amide bonds. The summed E-state index contributed by atoms with van der Waals surface area (Å²) in [5, 5.41) is 0. The maximum atomic E-state index is 8.67. The van der Waals surface area contributed by atoms with Gasteiger partial charge in [0.2, 0.25) is 0 Å². The first kappa shape index (κ1) is 80.0. The Morgan fingerprint density at radius 2 is 0.509 bits per heavy atom. The van der Waals surface area contributed by atoms with Crippen molar-refractivity contribution < 1.29 is 5.48 Å². The van der Waals surface area contributed by atoms with Crippen LogP contribution in [-0.4, -0.2) is 0 Å². The quantitative estimate of drug-likeness (QED) is 0.102. The average Bonchev–Trinajstić information content (AvgIpc) is 0.770. The fraction of sp³-hybridized carbons (Fsp3) is 0.377. The molecule has 0 fully saturated rings. The molecule has 0 aromatic heterocycles. The number of benzene rings is 11. The minimum atomic E-state index is -0.607. The van der Waals surface area contributed by atoms with Gasteiger partial charge in [0.15, 0.2) is 0 Å². The van der Waals surface area contributed by atoms with Gasteiger partial charge in [0.05, 0.1) is 4.11 Å². The van der Waals surface area contributed by atoms with Crippen molar-refractivity contribution in [3.05, 3.63) is 332 Å². The summed E-state index contributed by atoms with van der Waals surface area (Å²) in [6.45, 7) is 63.4. The summed E-state index contributed by atoms with van der Waals surface area (Å²) in [4.78, 5) is 0. The summed E-state index contributed by atoms with van der Waals surface area (Å²) < 4.78 is 33.1. The van der Waals surface area contributed by atoms with Crippen molar-refractivity contribution in [1.29, 1.82) is 0 Å². The maximum absolute atomic E-state index is 8.67. The minimum absolute atomic E-state index is 0.0599. The molecule has 0 saturated carbocycles. The van der Waals surface area contributed by atoms with E-state index in [1.807, 2.05) is 67.5 Å². The first-order chi connectivity index (χ1) is 51.5. The minimum Gasteiger partial charge on any atom is -0.0622 e. The first-order valence-electron chi connectivity index (χ1n) is 41.5. The second kappa shape index (κ2) is 39.9. The zero-order chi connectivity index (χ0) is 82.0. The van der Waals surface area contributed by atoms with Gasteiger partial charge in [0.25, 0.3) is 0 Å². The number of aryl methyl sites for hydroxylation is 4. The standard InChI is InChI=1S/C22H30.C21H28.2C17H20.C15H16.C14H22/c1-15(2)19-13-18(17-11-9-8-10-12-17)14-20(22(5,6)7)21(19)16(3)4;1-14(2)19-12-18(17-10-8-7-9-11-17)13-20(15(3)4)21(19)16(5)6;2*1-12(2)17-13(3)10-16(11-14(17)4)15-8-6-5-7-9-15;1-12(2)13-8-10-15(11-9-13)14-6-4-3-5-7-14;1-10(2)12-7-8-13(11(3)9-12)14(4,5)6/h8-16H,1-7H3;7-16H,1-6H3;2*5-12H,1-4H3;3-12H,1-2H3;7-10H,1-6H3/i15D;;;;;7D,8D,9D. The van der Waals surface area contributed by atoms with E-state index in [4.69, 9.17) is 5.48 Å². The SMILES string of the molecule is CC(C)c1cc(-c2ccccc2)cc(C(C)C)c1C(C)C.CC(C)c1ccc(-c2ccccc2)cc1.Cc1cc(-c2ccccc2)cc(C)c1C(C)C.Cc1cc(-c2ccccc2)cc(C)c1C(C)C.[2H]C(C)(C)c1cc(-c2ccccc2)cc(C(C)(C)C)c1C(C)C.[2H]c1c([2H])c(C(C)(C)C)c(C)c([2H])c1C(C)C. The van der Waals surface area contributed by atoms with Crippen LogP contribution >= 0.6 is 0 Å². The third-order valence-corrected chi connectivity index (χ3v) is 20.0. The molecule has 11 aromatic carbocycles. The van der Waals surface area contributed by atoms with E-state index in [1.54, 1.807) is 5.56 Å². The van der Waals surface area contributed by atoms with E-state index in [9.17, 15) is 0 Å². The molecule has 11 aromatic rings. The molecule has 0 N–H and O–H groups in total. The van der Waals surface area contributed by atoms with Crippen LogP contribution < -0.4 is 0 Å². The lowest BCUT2D eigenvalue weighted by Gasteiger charge is -2.29. The predicted molar refractivity (Wildman–Crippen MR) is 474 cm³/mol. The van der Waals surface area contributed by atoms with Crippen molar-refractivity contribution in [2.75, 3.05) is 0 Å². The predicted octanol–water partition coefficient (Wildman–Crippen LogP) is 32.7. The normalized spacial score (nSPS) is 12.1. The summed E-state index contributed by atoms with van der Waals surface area (Å²) in [6.07, 6.45) is 0. The van der Waals surface area contributed by atoms with Gasteiger partial charge in [0, 0.05) is 1.37 Å². The van der Waals surface area contributed by atoms with Gasteiger partial charge in [-0.25, -0.2) is 0 Å². The number of hydrogen-bond acceptors (Lipinski definition) is 0. The van der Waals surface area contributed by atoms with Crippen molar-refractivity contribution in [3.63, 3.8) is 0 Å². The monoisotopic (exact) mass is 1410 g/mol. The highest BCUT2D eigenvalue weighted by Gasteiger charge is 2.25. The van der Waals surface area contributed by atoms with E-state index >= 15 is 0 Å². The van der Waals surface area contributed by atoms with Gasteiger partial charge in [-0.3, -0.25) is 0 Å². The summed E-state index contributed by atoms with van der Waals surface area (Å²) >= 11 is 0. The molecule has 0 atom stereocenters. The Labute approximate surface area is 653 Å². The third-order valence-electron chi connectivity index (χ3n) is 20.0.